The van der Waals surface area contributed by atoms with E-state index in [1.165, 1.54) is 0 Å². The van der Waals surface area contributed by atoms with Crippen molar-refractivity contribution in [3.8, 4) is 0 Å². The highest BCUT2D eigenvalue weighted by Crippen LogP contribution is 2.66. The van der Waals surface area contributed by atoms with Gasteiger partial charge in [0, 0.05) is 44.6 Å². The fourth-order valence-electron chi connectivity index (χ4n) is 6.09. The van der Waals surface area contributed by atoms with Crippen molar-refractivity contribution in [1.82, 2.24) is 14.7 Å². The van der Waals surface area contributed by atoms with Crippen LogP contribution in [-0.2, 0) is 14.4 Å². The van der Waals surface area contributed by atoms with Crippen molar-refractivity contribution in [3.63, 3.8) is 0 Å². The summed E-state index contributed by atoms with van der Waals surface area (Å²) in [5.74, 6) is -0.928. The van der Waals surface area contributed by atoms with Crippen LogP contribution >= 0.6 is 11.8 Å². The van der Waals surface area contributed by atoms with Crippen molar-refractivity contribution in [2.45, 2.75) is 74.5 Å². The molecule has 0 saturated carbocycles. The van der Waals surface area contributed by atoms with Crippen LogP contribution in [0.2, 0.25) is 0 Å². The maximum Gasteiger partial charge on any atom is 0.247 e. The third-order valence-corrected chi connectivity index (χ3v) is 9.59. The number of likely N-dealkylation sites (tertiary alicyclic amines) is 1. The Kier molecular flexibility index (Phi) is 8.90. The van der Waals surface area contributed by atoms with Crippen molar-refractivity contribution in [2.24, 2.45) is 11.8 Å². The first kappa shape index (κ1) is 26.8. The summed E-state index contributed by atoms with van der Waals surface area (Å²) in [6.07, 6.45) is 8.38. The normalized spacial score (nSPS) is 29.4. The van der Waals surface area contributed by atoms with Gasteiger partial charge in [-0.05, 0) is 39.5 Å². The molecule has 0 aromatic rings. The van der Waals surface area contributed by atoms with Gasteiger partial charge in [-0.1, -0.05) is 25.0 Å². The largest absolute Gasteiger partial charge is 0.396 e. The number of carbonyl (C=O) groups is 3. The van der Waals surface area contributed by atoms with Crippen LogP contribution in [0.25, 0.3) is 0 Å². The van der Waals surface area contributed by atoms with Gasteiger partial charge in [0.15, 0.2) is 0 Å². The first-order valence-electron chi connectivity index (χ1n) is 12.6. The molecule has 0 radical (unpaired) electrons. The smallest absolute Gasteiger partial charge is 0.247 e. The lowest BCUT2D eigenvalue weighted by Gasteiger charge is -2.38. The number of unbranched alkanes of at least 4 members (excludes halogenated alkanes) is 3. The van der Waals surface area contributed by atoms with Gasteiger partial charge < -0.3 is 19.8 Å². The highest BCUT2D eigenvalue weighted by Gasteiger charge is 2.73. The summed E-state index contributed by atoms with van der Waals surface area (Å²) in [5.41, 5.74) is 0. The Bertz CT molecular complexity index is 803. The summed E-state index contributed by atoms with van der Waals surface area (Å²) in [6, 6.07) is -0.565. The van der Waals surface area contributed by atoms with Crippen molar-refractivity contribution >= 4 is 29.5 Å². The number of carbonyl (C=O) groups excluding carboxylic acids is 3. The lowest BCUT2D eigenvalue weighted by atomic mass is 9.70. The maximum absolute atomic E-state index is 14.0. The topological polar surface area (TPSA) is 81.2 Å². The fourth-order valence-corrected chi connectivity index (χ4v) is 8.30. The van der Waals surface area contributed by atoms with E-state index in [1.54, 1.807) is 40.8 Å². The van der Waals surface area contributed by atoms with Gasteiger partial charge in [-0.15, -0.1) is 24.9 Å². The van der Waals surface area contributed by atoms with Crippen molar-refractivity contribution in [3.05, 3.63) is 25.3 Å². The molecule has 3 rings (SSSR count). The molecule has 190 valence electrons. The first-order chi connectivity index (χ1) is 16.2. The number of hydrogen-bond donors (Lipinski definition) is 1. The second-order valence-electron chi connectivity index (χ2n) is 10.1. The molecular weight excluding hydrogens is 450 g/mol. The molecule has 2 unspecified atom stereocenters. The zero-order valence-electron chi connectivity index (χ0n) is 20.9. The Labute approximate surface area is 208 Å². The van der Waals surface area contributed by atoms with Gasteiger partial charge in [0.05, 0.1) is 16.6 Å². The van der Waals surface area contributed by atoms with Crippen LogP contribution < -0.4 is 0 Å². The summed E-state index contributed by atoms with van der Waals surface area (Å²) in [4.78, 5) is 46.7. The standard InChI is InChI=1S/C26H41N3O4S/c1-6-14-27(5)23(31)20-19-12-13-26(34-19)21(20)24(32)29(16-10-8-9-11-17-30)22(26)25(33)28(15-7-2)18(3)4/h6-7,18-22,30H,1-2,8-17H2,3-5H3/t19-,20+,21+,22?,26?/m1/s1. The second-order valence-corrected chi connectivity index (χ2v) is 11.7. The number of aliphatic hydroxyl groups is 1. The average molecular weight is 492 g/mol. The fraction of sp³-hybridized carbons (Fsp3) is 0.731. The Morgan fingerprint density at radius 1 is 1.18 bits per heavy atom. The number of thioether (sulfide) groups is 1. The zero-order valence-corrected chi connectivity index (χ0v) is 21.8. The van der Waals surface area contributed by atoms with E-state index in [1.807, 2.05) is 18.7 Å². The van der Waals surface area contributed by atoms with Crippen LogP contribution in [0.5, 0.6) is 0 Å². The average Bonchev–Trinajstić information content (AvgIpc) is 3.44. The predicted molar refractivity (Wildman–Crippen MR) is 136 cm³/mol. The van der Waals surface area contributed by atoms with Crippen LogP contribution in [0.4, 0.5) is 0 Å². The summed E-state index contributed by atoms with van der Waals surface area (Å²) in [6.45, 7) is 13.1. The number of nitrogens with zero attached hydrogens (tertiary/aromatic N) is 3. The van der Waals surface area contributed by atoms with Gasteiger partial charge in [-0.3, -0.25) is 14.4 Å². The van der Waals surface area contributed by atoms with Crippen LogP contribution in [-0.4, -0.2) is 92.9 Å². The highest BCUT2D eigenvalue weighted by molar-refractivity contribution is 8.02. The molecule has 7 nitrogen and oxygen atoms in total. The Morgan fingerprint density at radius 2 is 1.85 bits per heavy atom. The van der Waals surface area contributed by atoms with Gasteiger partial charge in [0.25, 0.3) is 0 Å². The van der Waals surface area contributed by atoms with Crippen LogP contribution in [0.15, 0.2) is 25.3 Å². The molecule has 3 heterocycles. The molecule has 1 N–H and O–H groups in total. The van der Waals surface area contributed by atoms with E-state index < -0.39 is 22.6 Å². The van der Waals surface area contributed by atoms with E-state index in [-0.39, 0.29) is 35.6 Å². The molecule has 34 heavy (non-hydrogen) atoms. The summed E-state index contributed by atoms with van der Waals surface area (Å²) in [7, 11) is 1.76. The number of amides is 3. The van der Waals surface area contributed by atoms with Crippen molar-refractivity contribution in [1.29, 1.82) is 0 Å². The van der Waals surface area contributed by atoms with Gasteiger partial charge in [0.2, 0.25) is 17.7 Å². The Balaban J connectivity index is 1.95. The molecule has 5 atom stereocenters. The van der Waals surface area contributed by atoms with Gasteiger partial charge in [-0.25, -0.2) is 0 Å². The molecule has 3 amide bonds. The molecule has 2 bridgehead atoms. The summed E-state index contributed by atoms with van der Waals surface area (Å²) in [5, 5.41) is 9.15. The van der Waals surface area contributed by atoms with E-state index in [9.17, 15) is 14.4 Å². The molecule has 3 aliphatic rings. The Hall–Kier alpha value is -1.80. The number of aliphatic hydroxyl groups excluding tert-OH is 1. The predicted octanol–water partition coefficient (Wildman–Crippen LogP) is 2.70. The molecule has 0 aliphatic carbocycles. The second kappa shape index (κ2) is 11.3. The number of hydrogen-bond acceptors (Lipinski definition) is 5. The van der Waals surface area contributed by atoms with Crippen LogP contribution in [0, 0.1) is 11.8 Å². The first-order valence-corrected chi connectivity index (χ1v) is 13.5. The lowest BCUT2D eigenvalue weighted by molar-refractivity contribution is -0.144. The Morgan fingerprint density at radius 3 is 2.47 bits per heavy atom. The molecule has 3 saturated heterocycles. The maximum atomic E-state index is 14.0. The summed E-state index contributed by atoms with van der Waals surface area (Å²) < 4.78 is -0.548. The molecule has 0 aromatic carbocycles. The van der Waals surface area contributed by atoms with Gasteiger partial charge in [-0.2, -0.15) is 0 Å². The SMILES string of the molecule is C=CCN(C)C(=O)[C@@H]1[C@H]2C(=O)N(CCCCCCO)C(C(=O)N(CC=C)C(C)C)C23CC[C@H]1S3. The minimum atomic E-state index is -0.553. The minimum Gasteiger partial charge on any atom is -0.396 e. The number of likely N-dealkylation sites (N-methyl/N-ethyl adjacent to an activating group) is 1. The number of fused-ring (bicyclic) bond motifs is 1. The third kappa shape index (κ3) is 4.68. The van der Waals surface area contributed by atoms with E-state index >= 15 is 0 Å². The lowest BCUT2D eigenvalue weighted by Crippen LogP contribution is -2.56. The van der Waals surface area contributed by atoms with E-state index in [0.29, 0.717) is 19.6 Å². The molecule has 1 spiro atoms. The van der Waals surface area contributed by atoms with Gasteiger partial charge >= 0.3 is 0 Å². The van der Waals surface area contributed by atoms with Crippen molar-refractivity contribution < 1.29 is 19.5 Å². The number of rotatable bonds is 13. The van der Waals surface area contributed by atoms with E-state index in [2.05, 4.69) is 13.2 Å². The molecule has 3 aliphatic heterocycles. The quantitative estimate of drug-likeness (QED) is 0.317. The summed E-state index contributed by atoms with van der Waals surface area (Å²) >= 11 is 1.72. The molecular formula is C26H41N3O4S. The zero-order chi connectivity index (χ0) is 25.0. The molecule has 0 aromatic heterocycles. The molecule has 3 fully saturated rings. The van der Waals surface area contributed by atoms with Crippen molar-refractivity contribution in [2.75, 3.05) is 33.3 Å². The molecule has 8 heteroatoms. The monoisotopic (exact) mass is 491 g/mol. The van der Waals surface area contributed by atoms with Crippen LogP contribution in [0.3, 0.4) is 0 Å². The third-order valence-electron chi connectivity index (χ3n) is 7.64. The van der Waals surface area contributed by atoms with E-state index in [0.717, 1.165) is 38.5 Å². The van der Waals surface area contributed by atoms with Crippen LogP contribution in [0.1, 0.15) is 52.4 Å². The minimum absolute atomic E-state index is 0.0118. The van der Waals surface area contributed by atoms with E-state index in [4.69, 9.17) is 5.11 Å². The highest BCUT2D eigenvalue weighted by atomic mass is 32.2. The van der Waals surface area contributed by atoms with Gasteiger partial charge in [0.1, 0.15) is 6.04 Å².